The van der Waals surface area contributed by atoms with E-state index in [1.165, 1.54) is 18.2 Å². The first-order valence-corrected chi connectivity index (χ1v) is 9.84. The van der Waals surface area contributed by atoms with Crippen molar-refractivity contribution in [3.63, 3.8) is 0 Å². The van der Waals surface area contributed by atoms with Crippen LogP contribution in [0.3, 0.4) is 0 Å². The second-order valence-electron chi connectivity index (χ2n) is 6.94. The van der Waals surface area contributed by atoms with Gasteiger partial charge in [-0.1, -0.05) is 25.8 Å². The number of carbonyl (C=O) groups excluding carboxylic acids is 1. The van der Waals surface area contributed by atoms with Gasteiger partial charge in [-0.15, -0.1) is 0 Å². The van der Waals surface area contributed by atoms with Gasteiger partial charge in [0.15, 0.2) is 11.5 Å². The molecule has 0 radical (unpaired) electrons. The summed E-state index contributed by atoms with van der Waals surface area (Å²) in [5.41, 5.74) is 1.23. The smallest absolute Gasteiger partial charge is 0.270 e. The molecule has 0 saturated heterocycles. The molecule has 0 aliphatic carbocycles. The third-order valence-corrected chi connectivity index (χ3v) is 4.87. The van der Waals surface area contributed by atoms with Gasteiger partial charge in [0.25, 0.3) is 11.6 Å². The third kappa shape index (κ3) is 4.98. The van der Waals surface area contributed by atoms with Crippen molar-refractivity contribution >= 4 is 17.3 Å². The lowest BCUT2D eigenvalue weighted by Gasteiger charge is -2.24. The van der Waals surface area contributed by atoms with Crippen LogP contribution in [0.2, 0.25) is 0 Å². The number of hydrogen-bond donors (Lipinski definition) is 2. The lowest BCUT2D eigenvalue weighted by Crippen LogP contribution is -2.30. The van der Waals surface area contributed by atoms with E-state index >= 15 is 0 Å². The quantitative estimate of drug-likeness (QED) is 0.265. The summed E-state index contributed by atoms with van der Waals surface area (Å²) in [5.74, 6) is 0.803. The van der Waals surface area contributed by atoms with E-state index in [2.05, 4.69) is 12.2 Å². The number of aliphatic hydroxyl groups is 1. The minimum atomic E-state index is -0.543. The summed E-state index contributed by atoms with van der Waals surface area (Å²) in [6, 6.07) is 9.45. The second-order valence-corrected chi connectivity index (χ2v) is 6.94. The van der Waals surface area contributed by atoms with Gasteiger partial charge in [-0.2, -0.15) is 0 Å². The first-order valence-electron chi connectivity index (χ1n) is 9.84. The fraction of sp³-hybridized carbons (Fsp3) is 0.381. The summed E-state index contributed by atoms with van der Waals surface area (Å²) < 4.78 is 10.6. The van der Waals surface area contributed by atoms with Gasteiger partial charge in [-0.05, 0) is 30.2 Å². The van der Waals surface area contributed by atoms with Crippen LogP contribution >= 0.6 is 0 Å². The maximum absolute atomic E-state index is 12.9. The van der Waals surface area contributed by atoms with Gasteiger partial charge in [0.2, 0.25) is 6.79 Å². The van der Waals surface area contributed by atoms with Crippen LogP contribution in [0.1, 0.15) is 42.1 Å². The van der Waals surface area contributed by atoms with Crippen LogP contribution in [0.25, 0.3) is 0 Å². The van der Waals surface area contributed by atoms with Gasteiger partial charge in [0.05, 0.1) is 16.2 Å². The number of nitrogens with one attached hydrogen (secondary N) is 1. The molecule has 1 amide bonds. The number of amides is 1. The van der Waals surface area contributed by atoms with E-state index in [9.17, 15) is 20.0 Å². The molecule has 9 heteroatoms. The van der Waals surface area contributed by atoms with Crippen LogP contribution in [-0.4, -0.2) is 36.0 Å². The third-order valence-electron chi connectivity index (χ3n) is 4.87. The molecule has 3 rings (SSSR count). The first kappa shape index (κ1) is 21.4. The molecule has 0 fully saturated rings. The highest BCUT2D eigenvalue weighted by molar-refractivity contribution is 6.00. The monoisotopic (exact) mass is 415 g/mol. The molecule has 0 unspecified atom stereocenters. The summed E-state index contributed by atoms with van der Waals surface area (Å²) in [6.45, 7) is 2.71. The van der Waals surface area contributed by atoms with Gasteiger partial charge >= 0.3 is 0 Å². The largest absolute Gasteiger partial charge is 0.454 e. The molecule has 2 aromatic carbocycles. The van der Waals surface area contributed by atoms with Gasteiger partial charge in [0, 0.05) is 25.2 Å². The zero-order valence-electron chi connectivity index (χ0n) is 16.8. The molecule has 1 aliphatic rings. The number of anilines is 1. The number of nitro groups is 1. The molecule has 0 bridgehead atoms. The van der Waals surface area contributed by atoms with E-state index in [-0.39, 0.29) is 31.3 Å². The minimum Gasteiger partial charge on any atom is -0.454 e. The van der Waals surface area contributed by atoms with Crippen molar-refractivity contribution in [2.45, 2.75) is 32.7 Å². The SMILES string of the molecule is CCCCCN(CO)c1ccc([N+](=O)[O-])cc1C(=O)NCc1ccc2c(c1)OCO2. The Morgan fingerprint density at radius 1 is 1.20 bits per heavy atom. The van der Waals surface area contributed by atoms with Crippen LogP contribution in [0.15, 0.2) is 36.4 Å². The molecule has 160 valence electrons. The van der Waals surface area contributed by atoms with Crippen molar-refractivity contribution < 1.29 is 24.3 Å². The lowest BCUT2D eigenvalue weighted by atomic mass is 10.1. The van der Waals surface area contributed by atoms with Gasteiger partial charge in [-0.3, -0.25) is 14.9 Å². The van der Waals surface area contributed by atoms with Crippen LogP contribution in [-0.2, 0) is 6.54 Å². The van der Waals surface area contributed by atoms with E-state index in [0.717, 1.165) is 24.8 Å². The number of nitrogens with zero attached hydrogens (tertiary/aromatic N) is 2. The summed E-state index contributed by atoms with van der Waals surface area (Å²) in [4.78, 5) is 25.2. The van der Waals surface area contributed by atoms with Crippen molar-refractivity contribution in [3.05, 3.63) is 57.6 Å². The standard InChI is InChI=1S/C21H25N3O6/c1-2-3-4-9-23(13-25)18-7-6-16(24(27)28)11-17(18)21(26)22-12-15-5-8-19-20(10-15)30-14-29-19/h5-8,10-11,25H,2-4,9,12-14H2,1H3,(H,22,26). The molecule has 2 N–H and O–H groups in total. The zero-order valence-corrected chi connectivity index (χ0v) is 16.8. The lowest BCUT2D eigenvalue weighted by molar-refractivity contribution is -0.384. The molecular weight excluding hydrogens is 390 g/mol. The number of rotatable bonds is 10. The van der Waals surface area contributed by atoms with Gasteiger partial charge in [-0.25, -0.2) is 0 Å². The highest BCUT2D eigenvalue weighted by atomic mass is 16.7. The van der Waals surface area contributed by atoms with Gasteiger partial charge < -0.3 is 24.8 Å². The molecule has 0 aromatic heterocycles. The van der Waals surface area contributed by atoms with Crippen LogP contribution < -0.4 is 19.7 Å². The number of non-ortho nitro benzene ring substituents is 1. The maximum Gasteiger partial charge on any atom is 0.270 e. The Labute approximate surface area is 174 Å². The van der Waals surface area contributed by atoms with E-state index in [4.69, 9.17) is 9.47 Å². The van der Waals surface area contributed by atoms with E-state index in [1.54, 1.807) is 17.0 Å². The summed E-state index contributed by atoms with van der Waals surface area (Å²) in [5, 5.41) is 23.8. The Bertz CT molecular complexity index is 918. The Hall–Kier alpha value is -3.33. The number of ether oxygens (including phenoxy) is 2. The van der Waals surface area contributed by atoms with Crippen molar-refractivity contribution in [2.75, 3.05) is 25.0 Å². The first-order chi connectivity index (χ1) is 14.5. The van der Waals surface area contributed by atoms with Crippen LogP contribution in [0.5, 0.6) is 11.5 Å². The molecule has 30 heavy (non-hydrogen) atoms. The Morgan fingerprint density at radius 2 is 2.00 bits per heavy atom. The summed E-state index contributed by atoms with van der Waals surface area (Å²) >= 11 is 0. The van der Waals surface area contributed by atoms with Gasteiger partial charge in [0.1, 0.15) is 6.73 Å². The molecule has 0 atom stereocenters. The Balaban J connectivity index is 1.79. The van der Waals surface area contributed by atoms with E-state index in [1.807, 2.05) is 6.07 Å². The van der Waals surface area contributed by atoms with Crippen molar-refractivity contribution in [1.29, 1.82) is 0 Å². The normalized spacial score (nSPS) is 11.9. The molecule has 2 aromatic rings. The number of aliphatic hydroxyl groups excluding tert-OH is 1. The molecular formula is C21H25N3O6. The molecule has 1 heterocycles. The number of hydrogen-bond acceptors (Lipinski definition) is 7. The summed E-state index contributed by atoms with van der Waals surface area (Å²) in [7, 11) is 0. The summed E-state index contributed by atoms with van der Waals surface area (Å²) in [6.07, 6.45) is 2.84. The van der Waals surface area contributed by atoms with Crippen LogP contribution in [0, 0.1) is 10.1 Å². The number of unbranched alkanes of at least 4 members (excludes halogenated alkanes) is 2. The highest BCUT2D eigenvalue weighted by Gasteiger charge is 2.21. The fourth-order valence-electron chi connectivity index (χ4n) is 3.24. The molecule has 1 aliphatic heterocycles. The molecule has 0 saturated carbocycles. The number of benzene rings is 2. The average Bonchev–Trinajstić information content (AvgIpc) is 3.22. The second kappa shape index (κ2) is 9.93. The topological polar surface area (TPSA) is 114 Å². The van der Waals surface area contributed by atoms with Crippen molar-refractivity contribution in [1.82, 2.24) is 5.32 Å². The maximum atomic E-state index is 12.9. The number of fused-ring (bicyclic) bond motifs is 1. The zero-order chi connectivity index (χ0) is 21.5. The average molecular weight is 415 g/mol. The van der Waals surface area contributed by atoms with Crippen molar-refractivity contribution in [2.24, 2.45) is 0 Å². The van der Waals surface area contributed by atoms with E-state index in [0.29, 0.717) is 23.7 Å². The van der Waals surface area contributed by atoms with Crippen LogP contribution in [0.4, 0.5) is 11.4 Å². The fourth-order valence-corrected chi connectivity index (χ4v) is 3.24. The molecule has 9 nitrogen and oxygen atoms in total. The Kier molecular flexibility index (Phi) is 7.08. The Morgan fingerprint density at radius 3 is 2.73 bits per heavy atom. The number of nitro benzene ring substituents is 1. The van der Waals surface area contributed by atoms with Crippen molar-refractivity contribution in [3.8, 4) is 11.5 Å². The number of carbonyl (C=O) groups is 1. The predicted octanol–water partition coefficient (Wildman–Crippen LogP) is 3.20. The highest BCUT2D eigenvalue weighted by Crippen LogP contribution is 2.32. The minimum absolute atomic E-state index is 0.149. The predicted molar refractivity (Wildman–Crippen MR) is 111 cm³/mol. The molecule has 0 spiro atoms. The van der Waals surface area contributed by atoms with E-state index < -0.39 is 10.8 Å².